The molecule has 0 bridgehead atoms. The molecular formula is C12H24N2. The van der Waals surface area contributed by atoms with Crippen LogP contribution in [0.4, 0.5) is 0 Å². The van der Waals surface area contributed by atoms with E-state index in [1.165, 1.54) is 51.6 Å². The van der Waals surface area contributed by atoms with Crippen LogP contribution in [-0.2, 0) is 0 Å². The monoisotopic (exact) mass is 196 g/mol. The Morgan fingerprint density at radius 1 is 1.21 bits per heavy atom. The highest BCUT2D eigenvalue weighted by Gasteiger charge is 2.31. The van der Waals surface area contributed by atoms with Crippen LogP contribution >= 0.6 is 0 Å². The van der Waals surface area contributed by atoms with Crippen LogP contribution in [0.2, 0.25) is 0 Å². The van der Waals surface area contributed by atoms with Gasteiger partial charge >= 0.3 is 0 Å². The SMILES string of the molecule is CCCN(CC1CC1)C1CCC(N)C1. The van der Waals surface area contributed by atoms with Crippen LogP contribution in [0.3, 0.4) is 0 Å². The fourth-order valence-electron chi connectivity index (χ4n) is 2.67. The van der Waals surface area contributed by atoms with E-state index in [0.717, 1.165) is 12.0 Å². The van der Waals surface area contributed by atoms with Crippen LogP contribution in [0.25, 0.3) is 0 Å². The fraction of sp³-hybridized carbons (Fsp3) is 1.00. The Balaban J connectivity index is 1.81. The molecule has 2 N–H and O–H groups in total. The zero-order valence-corrected chi connectivity index (χ0v) is 9.41. The number of nitrogens with zero attached hydrogens (tertiary/aromatic N) is 1. The van der Waals surface area contributed by atoms with Crippen LogP contribution in [0, 0.1) is 5.92 Å². The molecule has 0 aliphatic heterocycles. The highest BCUT2D eigenvalue weighted by Crippen LogP contribution is 2.32. The predicted octanol–water partition coefficient (Wildman–Crippen LogP) is 1.99. The van der Waals surface area contributed by atoms with Crippen molar-refractivity contribution in [1.82, 2.24) is 4.90 Å². The third-order valence-corrected chi connectivity index (χ3v) is 3.66. The van der Waals surface area contributed by atoms with Gasteiger partial charge in [0, 0.05) is 18.6 Å². The van der Waals surface area contributed by atoms with E-state index in [1.807, 2.05) is 0 Å². The summed E-state index contributed by atoms with van der Waals surface area (Å²) in [6.45, 7) is 4.92. The first-order chi connectivity index (χ1) is 6.79. The second-order valence-electron chi connectivity index (χ2n) is 5.17. The number of hydrogen-bond donors (Lipinski definition) is 1. The van der Waals surface area contributed by atoms with E-state index in [4.69, 9.17) is 5.73 Å². The number of hydrogen-bond acceptors (Lipinski definition) is 2. The van der Waals surface area contributed by atoms with Gasteiger partial charge in [0.1, 0.15) is 0 Å². The van der Waals surface area contributed by atoms with Crippen molar-refractivity contribution in [1.29, 1.82) is 0 Å². The Kier molecular flexibility index (Phi) is 3.45. The molecule has 2 atom stereocenters. The number of rotatable bonds is 5. The summed E-state index contributed by atoms with van der Waals surface area (Å²) in [6.07, 6.45) is 8.06. The van der Waals surface area contributed by atoms with Crippen molar-refractivity contribution in [2.24, 2.45) is 11.7 Å². The normalized spacial score (nSPS) is 32.8. The van der Waals surface area contributed by atoms with Crippen molar-refractivity contribution in [2.45, 2.75) is 57.5 Å². The zero-order valence-electron chi connectivity index (χ0n) is 9.41. The molecule has 0 aromatic carbocycles. The first-order valence-electron chi connectivity index (χ1n) is 6.29. The third-order valence-electron chi connectivity index (χ3n) is 3.66. The molecule has 2 saturated carbocycles. The molecule has 0 radical (unpaired) electrons. The van der Waals surface area contributed by atoms with Gasteiger partial charge in [-0.25, -0.2) is 0 Å². The van der Waals surface area contributed by atoms with Crippen LogP contribution in [0.1, 0.15) is 45.4 Å². The molecule has 0 heterocycles. The summed E-state index contributed by atoms with van der Waals surface area (Å²) >= 11 is 0. The Labute approximate surface area is 87.8 Å². The molecule has 0 aromatic heterocycles. The third kappa shape index (κ3) is 2.71. The first-order valence-corrected chi connectivity index (χ1v) is 6.29. The van der Waals surface area contributed by atoms with Crippen LogP contribution in [0.5, 0.6) is 0 Å². The Bertz CT molecular complexity index is 177. The summed E-state index contributed by atoms with van der Waals surface area (Å²) in [7, 11) is 0. The molecule has 0 aromatic rings. The highest BCUT2D eigenvalue weighted by atomic mass is 15.2. The summed E-state index contributed by atoms with van der Waals surface area (Å²) in [4.78, 5) is 2.71. The van der Waals surface area contributed by atoms with Crippen LogP contribution in [0.15, 0.2) is 0 Å². The van der Waals surface area contributed by atoms with E-state index in [9.17, 15) is 0 Å². The van der Waals surface area contributed by atoms with Gasteiger partial charge in [0.05, 0.1) is 0 Å². The van der Waals surface area contributed by atoms with Crippen LogP contribution < -0.4 is 5.73 Å². The lowest BCUT2D eigenvalue weighted by atomic mass is 10.2. The lowest BCUT2D eigenvalue weighted by Crippen LogP contribution is -2.36. The van der Waals surface area contributed by atoms with Crippen molar-refractivity contribution in [3.8, 4) is 0 Å². The van der Waals surface area contributed by atoms with Gasteiger partial charge in [0.2, 0.25) is 0 Å². The first kappa shape index (κ1) is 10.4. The zero-order chi connectivity index (χ0) is 9.97. The minimum Gasteiger partial charge on any atom is -0.328 e. The highest BCUT2D eigenvalue weighted by molar-refractivity contribution is 4.87. The molecular weight excluding hydrogens is 172 g/mol. The predicted molar refractivity (Wildman–Crippen MR) is 60.2 cm³/mol. The standard InChI is InChI=1S/C12H24N2/c1-2-7-14(9-10-3-4-10)12-6-5-11(13)8-12/h10-12H,2-9,13H2,1H3. The van der Waals surface area contributed by atoms with Gasteiger partial charge in [-0.15, -0.1) is 0 Å². The smallest absolute Gasteiger partial charge is 0.0111 e. The summed E-state index contributed by atoms with van der Waals surface area (Å²) < 4.78 is 0. The van der Waals surface area contributed by atoms with Gasteiger partial charge in [0.15, 0.2) is 0 Å². The summed E-state index contributed by atoms with van der Waals surface area (Å²) in [6, 6.07) is 1.30. The second kappa shape index (κ2) is 4.63. The van der Waals surface area contributed by atoms with Crippen LogP contribution in [-0.4, -0.2) is 30.1 Å². The summed E-state index contributed by atoms with van der Waals surface area (Å²) in [5, 5.41) is 0. The molecule has 2 aliphatic carbocycles. The Morgan fingerprint density at radius 3 is 2.50 bits per heavy atom. The summed E-state index contributed by atoms with van der Waals surface area (Å²) in [5.41, 5.74) is 5.98. The Morgan fingerprint density at radius 2 is 2.00 bits per heavy atom. The topological polar surface area (TPSA) is 29.3 Å². The minimum atomic E-state index is 0.485. The molecule has 2 rings (SSSR count). The maximum absolute atomic E-state index is 5.98. The van der Waals surface area contributed by atoms with E-state index in [-0.39, 0.29) is 0 Å². The van der Waals surface area contributed by atoms with E-state index in [0.29, 0.717) is 6.04 Å². The quantitative estimate of drug-likeness (QED) is 0.728. The molecule has 0 amide bonds. The lowest BCUT2D eigenvalue weighted by molar-refractivity contribution is 0.189. The maximum atomic E-state index is 5.98. The maximum Gasteiger partial charge on any atom is 0.0111 e. The fourth-order valence-corrected chi connectivity index (χ4v) is 2.67. The molecule has 0 saturated heterocycles. The second-order valence-corrected chi connectivity index (χ2v) is 5.17. The molecule has 2 unspecified atom stereocenters. The average Bonchev–Trinajstić information content (AvgIpc) is 2.87. The molecule has 14 heavy (non-hydrogen) atoms. The molecule has 2 aliphatic rings. The molecule has 2 nitrogen and oxygen atoms in total. The Hall–Kier alpha value is -0.0800. The number of nitrogens with two attached hydrogens (primary N) is 1. The molecule has 0 spiro atoms. The molecule has 82 valence electrons. The van der Waals surface area contributed by atoms with Gasteiger partial charge in [-0.2, -0.15) is 0 Å². The van der Waals surface area contributed by atoms with Crippen molar-refractivity contribution in [3.05, 3.63) is 0 Å². The van der Waals surface area contributed by atoms with Crippen molar-refractivity contribution in [2.75, 3.05) is 13.1 Å². The molecule has 2 heteroatoms. The van der Waals surface area contributed by atoms with Gasteiger partial charge in [-0.3, -0.25) is 0 Å². The van der Waals surface area contributed by atoms with E-state index >= 15 is 0 Å². The van der Waals surface area contributed by atoms with Gasteiger partial charge < -0.3 is 10.6 Å². The van der Waals surface area contributed by atoms with E-state index < -0.39 is 0 Å². The van der Waals surface area contributed by atoms with Crippen molar-refractivity contribution >= 4 is 0 Å². The van der Waals surface area contributed by atoms with Gasteiger partial charge in [-0.1, -0.05) is 6.92 Å². The van der Waals surface area contributed by atoms with E-state index in [1.54, 1.807) is 0 Å². The average molecular weight is 196 g/mol. The summed E-state index contributed by atoms with van der Waals surface area (Å²) in [5.74, 6) is 1.03. The van der Waals surface area contributed by atoms with Crippen molar-refractivity contribution < 1.29 is 0 Å². The molecule has 2 fully saturated rings. The van der Waals surface area contributed by atoms with Gasteiger partial charge in [0.25, 0.3) is 0 Å². The van der Waals surface area contributed by atoms with E-state index in [2.05, 4.69) is 11.8 Å². The lowest BCUT2D eigenvalue weighted by Gasteiger charge is -2.28. The van der Waals surface area contributed by atoms with Crippen molar-refractivity contribution in [3.63, 3.8) is 0 Å². The van der Waals surface area contributed by atoms with Gasteiger partial charge in [-0.05, 0) is 51.0 Å². The largest absolute Gasteiger partial charge is 0.328 e. The minimum absolute atomic E-state index is 0.485.